The highest BCUT2D eigenvalue weighted by Crippen LogP contribution is 2.18. The van der Waals surface area contributed by atoms with Gasteiger partial charge in [-0.3, -0.25) is 4.90 Å². The molecule has 0 atom stereocenters. The van der Waals surface area contributed by atoms with E-state index in [1.165, 1.54) is 12.1 Å². The molecule has 2 saturated heterocycles. The van der Waals surface area contributed by atoms with Crippen LogP contribution in [0.1, 0.15) is 0 Å². The molecule has 2 fully saturated rings. The molecule has 0 saturated carbocycles. The third kappa shape index (κ3) is 5.39. The average Bonchev–Trinajstić information content (AvgIpc) is 2.81. The fourth-order valence-electron chi connectivity index (χ4n) is 3.87. The highest BCUT2D eigenvalue weighted by atomic mass is 19.1. The summed E-state index contributed by atoms with van der Waals surface area (Å²) in [6.45, 7) is 6.95. The number of nitrogens with zero attached hydrogens (tertiary/aromatic N) is 6. The zero-order valence-corrected chi connectivity index (χ0v) is 17.5. The summed E-state index contributed by atoms with van der Waals surface area (Å²) in [5.74, 6) is 1.34. The molecule has 10 heteroatoms. The van der Waals surface area contributed by atoms with Gasteiger partial charge in [-0.1, -0.05) is 0 Å². The first-order valence-corrected chi connectivity index (χ1v) is 10.6. The number of hydrogen-bond donors (Lipinski definition) is 2. The fourth-order valence-corrected chi connectivity index (χ4v) is 3.87. The van der Waals surface area contributed by atoms with Crippen LogP contribution in [0.3, 0.4) is 0 Å². The second-order valence-electron chi connectivity index (χ2n) is 7.71. The SMILES string of the molecule is O=C(Nc1ccc(F)cc1)N1CCN(c2ccc(N3CCN(CCO)CC3)nn2)CC1. The highest BCUT2D eigenvalue weighted by Gasteiger charge is 2.23. The molecule has 2 N–H and O–H groups in total. The topological polar surface area (TPSA) is 88.1 Å². The summed E-state index contributed by atoms with van der Waals surface area (Å²) in [6.07, 6.45) is 0. The lowest BCUT2D eigenvalue weighted by molar-refractivity contribution is 0.188. The summed E-state index contributed by atoms with van der Waals surface area (Å²) >= 11 is 0. The molecule has 166 valence electrons. The number of nitrogens with one attached hydrogen (secondary N) is 1. The van der Waals surface area contributed by atoms with Gasteiger partial charge in [0.15, 0.2) is 11.6 Å². The molecule has 2 aromatic rings. The number of benzene rings is 1. The van der Waals surface area contributed by atoms with Crippen molar-refractivity contribution >= 4 is 23.4 Å². The molecule has 4 rings (SSSR count). The zero-order chi connectivity index (χ0) is 21.6. The van der Waals surface area contributed by atoms with Crippen LogP contribution in [-0.4, -0.2) is 96.6 Å². The first-order chi connectivity index (χ1) is 15.1. The van der Waals surface area contributed by atoms with E-state index >= 15 is 0 Å². The Bertz CT molecular complexity index is 849. The number of amides is 2. The van der Waals surface area contributed by atoms with Crippen LogP contribution in [0.25, 0.3) is 0 Å². The monoisotopic (exact) mass is 429 g/mol. The van der Waals surface area contributed by atoms with E-state index in [0.29, 0.717) is 38.4 Å². The molecule has 1 aromatic carbocycles. The van der Waals surface area contributed by atoms with E-state index in [4.69, 9.17) is 5.11 Å². The molecule has 0 aliphatic carbocycles. The van der Waals surface area contributed by atoms with Gasteiger partial charge in [0.05, 0.1) is 6.61 Å². The molecule has 2 amide bonds. The van der Waals surface area contributed by atoms with Gasteiger partial charge in [0.2, 0.25) is 0 Å². The lowest BCUT2D eigenvalue weighted by Gasteiger charge is -2.36. The van der Waals surface area contributed by atoms with Crippen molar-refractivity contribution in [2.24, 2.45) is 0 Å². The predicted molar refractivity (Wildman–Crippen MR) is 117 cm³/mol. The number of carbonyl (C=O) groups is 1. The number of carbonyl (C=O) groups excluding carboxylic acids is 1. The second kappa shape index (κ2) is 9.88. The van der Waals surface area contributed by atoms with Crippen molar-refractivity contribution in [1.29, 1.82) is 0 Å². The summed E-state index contributed by atoms with van der Waals surface area (Å²) in [5, 5.41) is 20.7. The van der Waals surface area contributed by atoms with Gasteiger partial charge in [0, 0.05) is 64.6 Å². The lowest BCUT2D eigenvalue weighted by Crippen LogP contribution is -2.50. The van der Waals surface area contributed by atoms with Gasteiger partial charge >= 0.3 is 6.03 Å². The van der Waals surface area contributed by atoms with E-state index in [0.717, 1.165) is 37.8 Å². The molecule has 1 aromatic heterocycles. The molecule has 9 nitrogen and oxygen atoms in total. The van der Waals surface area contributed by atoms with E-state index in [2.05, 4.69) is 30.2 Å². The first-order valence-electron chi connectivity index (χ1n) is 10.6. The largest absolute Gasteiger partial charge is 0.395 e. The first kappa shape index (κ1) is 21.3. The number of anilines is 3. The maximum Gasteiger partial charge on any atom is 0.321 e. The Hall–Kier alpha value is -2.98. The summed E-state index contributed by atoms with van der Waals surface area (Å²) in [5.41, 5.74) is 0.576. The minimum Gasteiger partial charge on any atom is -0.395 e. The van der Waals surface area contributed by atoms with Gasteiger partial charge in [-0.2, -0.15) is 0 Å². The summed E-state index contributed by atoms with van der Waals surface area (Å²) in [6, 6.07) is 9.54. The van der Waals surface area contributed by atoms with Crippen LogP contribution < -0.4 is 15.1 Å². The molecule has 0 spiro atoms. The number of aromatic nitrogens is 2. The van der Waals surface area contributed by atoms with Gasteiger partial charge in [-0.15, -0.1) is 10.2 Å². The minimum absolute atomic E-state index is 0.187. The molecule has 2 aliphatic rings. The lowest BCUT2D eigenvalue weighted by atomic mass is 10.3. The van der Waals surface area contributed by atoms with E-state index in [1.54, 1.807) is 17.0 Å². The number of hydrogen-bond acceptors (Lipinski definition) is 7. The Morgan fingerprint density at radius 1 is 0.871 bits per heavy atom. The van der Waals surface area contributed by atoms with Crippen LogP contribution in [0.5, 0.6) is 0 Å². The van der Waals surface area contributed by atoms with Crippen molar-refractivity contribution in [3.63, 3.8) is 0 Å². The minimum atomic E-state index is -0.331. The van der Waals surface area contributed by atoms with Crippen LogP contribution in [0, 0.1) is 5.82 Å². The van der Waals surface area contributed by atoms with E-state index < -0.39 is 0 Å². The Kier molecular flexibility index (Phi) is 6.78. The number of aliphatic hydroxyl groups excluding tert-OH is 1. The van der Waals surface area contributed by atoms with Crippen LogP contribution in [0.4, 0.5) is 26.5 Å². The van der Waals surface area contributed by atoms with Crippen molar-refractivity contribution in [2.75, 3.05) is 80.6 Å². The maximum absolute atomic E-state index is 13.0. The summed E-state index contributed by atoms with van der Waals surface area (Å²) < 4.78 is 13.0. The van der Waals surface area contributed by atoms with Gasteiger partial charge < -0.3 is 25.1 Å². The van der Waals surface area contributed by atoms with Crippen molar-refractivity contribution in [2.45, 2.75) is 0 Å². The number of urea groups is 1. The molecule has 31 heavy (non-hydrogen) atoms. The molecule has 2 aliphatic heterocycles. The van der Waals surface area contributed by atoms with Gasteiger partial charge in [-0.05, 0) is 36.4 Å². The zero-order valence-electron chi connectivity index (χ0n) is 17.5. The molecular weight excluding hydrogens is 401 g/mol. The fraction of sp³-hybridized carbons (Fsp3) is 0.476. The molecule has 0 bridgehead atoms. The van der Waals surface area contributed by atoms with Crippen LogP contribution in [0.2, 0.25) is 0 Å². The van der Waals surface area contributed by atoms with Crippen molar-refractivity contribution < 1.29 is 14.3 Å². The predicted octanol–water partition coefficient (Wildman–Crippen LogP) is 1.08. The van der Waals surface area contributed by atoms with E-state index in [-0.39, 0.29) is 18.5 Å². The van der Waals surface area contributed by atoms with Gasteiger partial charge in [0.25, 0.3) is 0 Å². The van der Waals surface area contributed by atoms with E-state index in [1.807, 2.05) is 12.1 Å². The van der Waals surface area contributed by atoms with Gasteiger partial charge in [-0.25, -0.2) is 9.18 Å². The number of β-amino-alcohol motifs (C(OH)–C–C–N with tert-alkyl or cyclic N) is 1. The number of rotatable bonds is 5. The average molecular weight is 430 g/mol. The molecule has 3 heterocycles. The normalized spacial score (nSPS) is 17.7. The molecule has 0 unspecified atom stereocenters. The number of aliphatic hydroxyl groups is 1. The Morgan fingerprint density at radius 2 is 1.42 bits per heavy atom. The maximum atomic E-state index is 13.0. The summed E-state index contributed by atoms with van der Waals surface area (Å²) in [4.78, 5) is 20.7. The quantitative estimate of drug-likeness (QED) is 0.736. The Balaban J connectivity index is 1.26. The summed E-state index contributed by atoms with van der Waals surface area (Å²) in [7, 11) is 0. The highest BCUT2D eigenvalue weighted by molar-refractivity contribution is 5.89. The van der Waals surface area contributed by atoms with Crippen LogP contribution in [0.15, 0.2) is 36.4 Å². The van der Waals surface area contributed by atoms with Crippen molar-refractivity contribution in [3.05, 3.63) is 42.2 Å². The van der Waals surface area contributed by atoms with Crippen LogP contribution >= 0.6 is 0 Å². The van der Waals surface area contributed by atoms with Crippen molar-refractivity contribution in [3.8, 4) is 0 Å². The van der Waals surface area contributed by atoms with Gasteiger partial charge in [0.1, 0.15) is 5.82 Å². The van der Waals surface area contributed by atoms with Crippen LogP contribution in [-0.2, 0) is 0 Å². The standard InChI is InChI=1S/C21H28FN7O2/c22-17-1-3-18(4-2-17)23-21(31)29-13-11-28(12-14-29)20-6-5-19(24-25-20)27-9-7-26(8-10-27)15-16-30/h1-6,30H,7-16H2,(H,23,31). The third-order valence-electron chi connectivity index (χ3n) is 5.74. The van der Waals surface area contributed by atoms with Crippen molar-refractivity contribution in [1.82, 2.24) is 20.0 Å². The second-order valence-corrected chi connectivity index (χ2v) is 7.71. The van der Waals surface area contributed by atoms with E-state index in [9.17, 15) is 9.18 Å². The Labute approximate surface area is 181 Å². The molecule has 0 radical (unpaired) electrons. The smallest absolute Gasteiger partial charge is 0.321 e. The number of halogens is 1. The molecular formula is C21H28FN7O2. The third-order valence-corrected chi connectivity index (χ3v) is 5.74. The number of piperazine rings is 2. The Morgan fingerprint density at radius 3 is 1.94 bits per heavy atom.